The van der Waals surface area contributed by atoms with Crippen molar-refractivity contribution in [1.29, 1.82) is 0 Å². The van der Waals surface area contributed by atoms with Crippen molar-refractivity contribution >= 4 is 46.3 Å². The van der Waals surface area contributed by atoms with Gasteiger partial charge in [-0.15, -0.1) is 0 Å². The first-order chi connectivity index (χ1) is 25.5. The molecule has 0 aliphatic heterocycles. The Hall–Kier alpha value is -6.12. The molecule has 0 amide bonds. The van der Waals surface area contributed by atoms with Gasteiger partial charge in [0.2, 0.25) is 0 Å². The maximum absolute atomic E-state index is 2.33. The van der Waals surface area contributed by atoms with Crippen molar-refractivity contribution in [3.63, 3.8) is 0 Å². The highest BCUT2D eigenvalue weighted by molar-refractivity contribution is 5.82. The third kappa shape index (κ3) is 7.77. The fraction of sp³-hybridized carbons (Fsp3) is 0.120. The van der Waals surface area contributed by atoms with Crippen LogP contribution >= 0.6 is 0 Å². The Morgan fingerprint density at radius 2 is 0.942 bits per heavy atom. The smallest absolute Gasteiger partial charge is 0.0464 e. The van der Waals surface area contributed by atoms with Crippen LogP contribution in [0, 0.1) is 13.8 Å². The molecular weight excluding hydrogens is 629 g/mol. The summed E-state index contributed by atoms with van der Waals surface area (Å²) in [6.07, 6.45) is 5.59. The van der Waals surface area contributed by atoms with E-state index >= 15 is 0 Å². The van der Waals surface area contributed by atoms with Crippen LogP contribution in [-0.2, 0) is 0 Å². The average Bonchev–Trinajstić information content (AvgIpc) is 3.19. The topological polar surface area (TPSA) is 6.48 Å². The second-order valence-electron chi connectivity index (χ2n) is 13.6. The molecule has 0 fully saturated rings. The first-order valence-electron chi connectivity index (χ1n) is 18.3. The molecule has 0 spiro atoms. The second-order valence-corrected chi connectivity index (χ2v) is 13.6. The maximum Gasteiger partial charge on any atom is 0.0464 e. The minimum absolute atomic E-state index is 0.587. The molecule has 0 N–H and O–H groups in total. The zero-order chi connectivity index (χ0) is 35.9. The molecule has 0 saturated carbocycles. The van der Waals surface area contributed by atoms with E-state index in [4.69, 9.17) is 0 Å². The van der Waals surface area contributed by atoms with Crippen LogP contribution in [0.1, 0.15) is 54.0 Å². The lowest BCUT2D eigenvalue weighted by Gasteiger charge is -2.26. The number of rotatable bonds is 11. The summed E-state index contributed by atoms with van der Waals surface area (Å²) >= 11 is 0. The predicted molar refractivity (Wildman–Crippen MR) is 225 cm³/mol. The van der Waals surface area contributed by atoms with E-state index in [0.717, 1.165) is 40.5 Å². The van der Waals surface area contributed by atoms with E-state index in [9.17, 15) is 0 Å². The van der Waals surface area contributed by atoms with Crippen molar-refractivity contribution in [3.8, 4) is 11.1 Å². The van der Waals surface area contributed by atoms with Gasteiger partial charge in [0.1, 0.15) is 0 Å². The Balaban J connectivity index is 1.14. The lowest BCUT2D eigenvalue weighted by atomic mass is 9.97. The van der Waals surface area contributed by atoms with Crippen molar-refractivity contribution in [2.24, 2.45) is 0 Å². The molecule has 7 rings (SSSR count). The first-order valence-corrected chi connectivity index (χ1v) is 18.3. The Kier molecular flexibility index (Phi) is 10.5. The molecule has 2 heteroatoms. The van der Waals surface area contributed by atoms with Crippen molar-refractivity contribution in [1.82, 2.24) is 0 Å². The van der Waals surface area contributed by atoms with E-state index < -0.39 is 0 Å². The molecule has 0 heterocycles. The number of anilines is 6. The van der Waals surface area contributed by atoms with Crippen LogP contribution in [0.3, 0.4) is 0 Å². The van der Waals surface area contributed by atoms with Gasteiger partial charge < -0.3 is 9.80 Å². The van der Waals surface area contributed by atoms with Gasteiger partial charge in [-0.2, -0.15) is 0 Å². The number of aryl methyl sites for hydroxylation is 2. The Labute approximate surface area is 310 Å². The van der Waals surface area contributed by atoms with Gasteiger partial charge in [0, 0.05) is 34.1 Å². The maximum atomic E-state index is 2.33. The van der Waals surface area contributed by atoms with Gasteiger partial charge >= 0.3 is 0 Å². The van der Waals surface area contributed by atoms with Crippen LogP contribution in [0.2, 0.25) is 0 Å². The molecule has 0 aliphatic rings. The number of hydrogen-bond donors (Lipinski definition) is 0. The quantitative estimate of drug-likeness (QED) is 0.126. The van der Waals surface area contributed by atoms with Crippen LogP contribution in [-0.4, -0.2) is 0 Å². The number of benzene rings is 7. The van der Waals surface area contributed by atoms with E-state index in [1.165, 1.54) is 38.9 Å². The van der Waals surface area contributed by atoms with Gasteiger partial charge in [-0.25, -0.2) is 0 Å². The standard InChI is InChI=1S/C50H46N2/c1-5-38(3)41-22-19-40(20-23-41)21-24-42-25-34-50(36-39(42)4)52(46-16-10-7-11-17-46)48-32-28-44(29-33-48)43-26-30-47(31-27-43)51(45-14-8-6-9-15-45)49-18-12-13-37(2)35-49/h6-36,38H,5H2,1-4H3. The van der Waals surface area contributed by atoms with Gasteiger partial charge in [-0.05, 0) is 138 Å². The van der Waals surface area contributed by atoms with Crippen LogP contribution in [0.15, 0.2) is 176 Å². The number of para-hydroxylation sites is 2. The third-order valence-corrected chi connectivity index (χ3v) is 9.96. The van der Waals surface area contributed by atoms with Gasteiger partial charge in [0.15, 0.2) is 0 Å². The largest absolute Gasteiger partial charge is 0.310 e. The summed E-state index contributed by atoms with van der Waals surface area (Å²) in [6, 6.07) is 63.4. The monoisotopic (exact) mass is 674 g/mol. The molecule has 2 nitrogen and oxygen atoms in total. The summed E-state index contributed by atoms with van der Waals surface area (Å²) in [6.45, 7) is 8.87. The molecule has 256 valence electrons. The normalized spacial score (nSPS) is 11.8. The molecular formula is C50H46N2. The van der Waals surface area contributed by atoms with Crippen LogP contribution in [0.25, 0.3) is 23.3 Å². The molecule has 7 aromatic carbocycles. The van der Waals surface area contributed by atoms with E-state index in [2.05, 4.69) is 226 Å². The molecule has 52 heavy (non-hydrogen) atoms. The summed E-state index contributed by atoms with van der Waals surface area (Å²) in [5, 5.41) is 0. The summed E-state index contributed by atoms with van der Waals surface area (Å²) < 4.78 is 0. The van der Waals surface area contributed by atoms with E-state index in [-0.39, 0.29) is 0 Å². The summed E-state index contributed by atoms with van der Waals surface area (Å²) in [4.78, 5) is 4.65. The van der Waals surface area contributed by atoms with Gasteiger partial charge in [-0.1, -0.05) is 129 Å². The molecule has 0 radical (unpaired) electrons. The molecule has 0 aliphatic carbocycles. The predicted octanol–water partition coefficient (Wildman–Crippen LogP) is 14.6. The Morgan fingerprint density at radius 1 is 0.462 bits per heavy atom. The zero-order valence-electron chi connectivity index (χ0n) is 30.6. The SMILES string of the molecule is CCC(C)c1ccc(C=Cc2ccc(N(c3ccccc3)c3ccc(-c4ccc(N(c5ccccc5)c5cccc(C)c5)cc4)cc3)cc2C)cc1. The second kappa shape index (κ2) is 15.8. The first kappa shape index (κ1) is 34.3. The molecule has 1 unspecified atom stereocenters. The zero-order valence-corrected chi connectivity index (χ0v) is 30.6. The Morgan fingerprint density at radius 3 is 1.44 bits per heavy atom. The highest BCUT2D eigenvalue weighted by Gasteiger charge is 2.15. The van der Waals surface area contributed by atoms with E-state index in [1.807, 2.05) is 0 Å². The molecule has 7 aromatic rings. The van der Waals surface area contributed by atoms with Gasteiger partial charge in [0.25, 0.3) is 0 Å². The van der Waals surface area contributed by atoms with E-state index in [1.54, 1.807) is 0 Å². The molecule has 0 bridgehead atoms. The van der Waals surface area contributed by atoms with Crippen molar-refractivity contribution in [3.05, 3.63) is 204 Å². The van der Waals surface area contributed by atoms with Crippen LogP contribution < -0.4 is 9.80 Å². The summed E-state index contributed by atoms with van der Waals surface area (Å²) in [5.41, 5.74) is 15.5. The highest BCUT2D eigenvalue weighted by Crippen LogP contribution is 2.38. The molecule has 1 atom stereocenters. The summed E-state index contributed by atoms with van der Waals surface area (Å²) in [7, 11) is 0. The van der Waals surface area contributed by atoms with Crippen molar-refractivity contribution in [2.75, 3.05) is 9.80 Å². The lowest BCUT2D eigenvalue weighted by Crippen LogP contribution is -2.10. The number of nitrogens with zero attached hydrogens (tertiary/aromatic N) is 2. The van der Waals surface area contributed by atoms with Gasteiger partial charge in [0.05, 0.1) is 0 Å². The lowest BCUT2D eigenvalue weighted by molar-refractivity contribution is 0.733. The van der Waals surface area contributed by atoms with Crippen LogP contribution in [0.4, 0.5) is 34.1 Å². The van der Waals surface area contributed by atoms with Crippen molar-refractivity contribution < 1.29 is 0 Å². The number of hydrogen-bond acceptors (Lipinski definition) is 2. The fourth-order valence-corrected chi connectivity index (χ4v) is 6.76. The van der Waals surface area contributed by atoms with Crippen LogP contribution in [0.5, 0.6) is 0 Å². The molecule has 0 saturated heterocycles. The van der Waals surface area contributed by atoms with Gasteiger partial charge in [-0.3, -0.25) is 0 Å². The van der Waals surface area contributed by atoms with E-state index in [0.29, 0.717) is 5.92 Å². The minimum atomic E-state index is 0.587. The highest BCUT2D eigenvalue weighted by atomic mass is 15.1. The van der Waals surface area contributed by atoms with Crippen molar-refractivity contribution in [2.45, 2.75) is 40.0 Å². The average molecular weight is 675 g/mol. The fourth-order valence-electron chi connectivity index (χ4n) is 6.76. The third-order valence-electron chi connectivity index (χ3n) is 9.96. The molecule has 0 aromatic heterocycles. The minimum Gasteiger partial charge on any atom is -0.310 e. The summed E-state index contributed by atoms with van der Waals surface area (Å²) in [5.74, 6) is 0.587. The Bertz CT molecular complexity index is 2230.